The number of nitrogens with one attached hydrogen (secondary N) is 1. The largest absolute Gasteiger partial charge is 0.376 e. The second kappa shape index (κ2) is 10.2. The van der Waals surface area contributed by atoms with Crippen LogP contribution < -0.4 is 5.32 Å². The summed E-state index contributed by atoms with van der Waals surface area (Å²) in [5.41, 5.74) is 2.04. The van der Waals surface area contributed by atoms with E-state index in [-0.39, 0.29) is 5.41 Å². The minimum Gasteiger partial charge on any atom is -0.376 e. The third-order valence-corrected chi connectivity index (χ3v) is 6.67. The van der Waals surface area contributed by atoms with Gasteiger partial charge in [-0.1, -0.05) is 79.9 Å². The second-order valence-corrected chi connectivity index (χ2v) is 8.83. The molecule has 2 fully saturated rings. The molecule has 160 valence electrons. The number of rotatable bonds is 6. The molecule has 4 rings (SSSR count). The number of carbonyl (C=O) groups excluding carboxylic acids is 1. The summed E-state index contributed by atoms with van der Waals surface area (Å²) in [6.45, 7) is 4.60. The van der Waals surface area contributed by atoms with Crippen molar-refractivity contribution < 1.29 is 9.53 Å². The Kier molecular flexibility index (Phi) is 7.19. The minimum absolute atomic E-state index is 0.316. The standard InChI is InChI=1S/C26H34N2O2/c29-25(26(14-8-3-9-15-26)24-12-6-2-7-13-24)28-17-16-27-18-23(19-28)21-30-20-22-10-4-1-5-11-22/h1-2,4-7,10-13,23,27H,3,8-9,14-21H2/t23-/m1/s1. The second-order valence-electron chi connectivity index (χ2n) is 8.83. The molecule has 2 aromatic carbocycles. The summed E-state index contributed by atoms with van der Waals surface area (Å²) in [6.07, 6.45) is 5.44. The van der Waals surface area contributed by atoms with Gasteiger partial charge in [-0.15, -0.1) is 0 Å². The van der Waals surface area contributed by atoms with Crippen LogP contribution in [0.1, 0.15) is 43.2 Å². The molecule has 1 aliphatic carbocycles. The third-order valence-electron chi connectivity index (χ3n) is 6.67. The molecule has 1 amide bonds. The van der Waals surface area contributed by atoms with Crippen LogP contribution in [0.5, 0.6) is 0 Å². The van der Waals surface area contributed by atoms with E-state index in [4.69, 9.17) is 4.74 Å². The van der Waals surface area contributed by atoms with Gasteiger partial charge in [-0.05, 0) is 24.0 Å². The van der Waals surface area contributed by atoms with Crippen LogP contribution in [0.4, 0.5) is 0 Å². The molecular weight excluding hydrogens is 372 g/mol. The zero-order valence-electron chi connectivity index (χ0n) is 17.9. The molecule has 4 heteroatoms. The molecule has 0 bridgehead atoms. The first-order chi connectivity index (χ1) is 14.8. The van der Waals surface area contributed by atoms with Gasteiger partial charge in [0.1, 0.15) is 0 Å². The van der Waals surface area contributed by atoms with E-state index >= 15 is 0 Å². The molecule has 1 atom stereocenters. The highest BCUT2D eigenvalue weighted by Crippen LogP contribution is 2.41. The van der Waals surface area contributed by atoms with Gasteiger partial charge in [0.15, 0.2) is 0 Å². The van der Waals surface area contributed by atoms with Gasteiger partial charge in [0.2, 0.25) is 5.91 Å². The summed E-state index contributed by atoms with van der Waals surface area (Å²) in [7, 11) is 0. The lowest BCUT2D eigenvalue weighted by molar-refractivity contribution is -0.139. The molecular formula is C26H34N2O2. The lowest BCUT2D eigenvalue weighted by atomic mass is 9.68. The average Bonchev–Trinajstić information content (AvgIpc) is 3.06. The number of amides is 1. The highest BCUT2D eigenvalue weighted by atomic mass is 16.5. The molecule has 30 heavy (non-hydrogen) atoms. The fraction of sp³-hybridized carbons (Fsp3) is 0.500. The average molecular weight is 407 g/mol. The number of hydrogen-bond donors (Lipinski definition) is 1. The van der Waals surface area contributed by atoms with Crippen molar-refractivity contribution in [3.63, 3.8) is 0 Å². The van der Waals surface area contributed by atoms with Crippen LogP contribution in [0.3, 0.4) is 0 Å². The minimum atomic E-state index is -0.348. The normalized spacial score (nSPS) is 21.7. The number of benzene rings is 2. The Morgan fingerprint density at radius 3 is 2.43 bits per heavy atom. The molecule has 1 N–H and O–H groups in total. The van der Waals surface area contributed by atoms with Gasteiger partial charge < -0.3 is 15.0 Å². The zero-order chi connectivity index (χ0) is 20.7. The van der Waals surface area contributed by atoms with Crippen LogP contribution >= 0.6 is 0 Å². The van der Waals surface area contributed by atoms with E-state index < -0.39 is 0 Å². The van der Waals surface area contributed by atoms with Crippen molar-refractivity contribution in [3.8, 4) is 0 Å². The van der Waals surface area contributed by atoms with Gasteiger partial charge in [-0.3, -0.25) is 4.79 Å². The maximum absolute atomic E-state index is 13.9. The van der Waals surface area contributed by atoms with E-state index in [0.717, 1.165) is 51.9 Å². The van der Waals surface area contributed by atoms with E-state index in [9.17, 15) is 4.79 Å². The Bertz CT molecular complexity index is 787. The number of ether oxygens (including phenoxy) is 1. The summed E-state index contributed by atoms with van der Waals surface area (Å²) >= 11 is 0. The maximum Gasteiger partial charge on any atom is 0.233 e. The summed E-state index contributed by atoms with van der Waals surface area (Å²) in [6, 6.07) is 20.8. The van der Waals surface area contributed by atoms with Crippen molar-refractivity contribution in [1.82, 2.24) is 10.2 Å². The first kappa shape index (κ1) is 21.1. The summed E-state index contributed by atoms with van der Waals surface area (Å²) in [4.78, 5) is 16.0. The van der Waals surface area contributed by atoms with Crippen LogP contribution in [-0.4, -0.2) is 43.6 Å². The molecule has 0 unspecified atom stereocenters. The SMILES string of the molecule is O=C(N1CCNC[C@@H](COCc2ccccc2)C1)C1(c2ccccc2)CCCCC1. The number of hydrogen-bond acceptors (Lipinski definition) is 3. The third kappa shape index (κ3) is 4.93. The molecule has 1 saturated heterocycles. The smallest absolute Gasteiger partial charge is 0.233 e. The molecule has 2 aromatic rings. The molecule has 0 radical (unpaired) electrons. The Hall–Kier alpha value is -2.17. The molecule has 2 aliphatic rings. The van der Waals surface area contributed by atoms with Gasteiger partial charge in [0, 0.05) is 32.1 Å². The highest BCUT2D eigenvalue weighted by molar-refractivity contribution is 5.88. The zero-order valence-corrected chi connectivity index (χ0v) is 17.9. The van der Waals surface area contributed by atoms with E-state index in [0.29, 0.717) is 25.0 Å². The van der Waals surface area contributed by atoms with Crippen molar-refractivity contribution in [3.05, 3.63) is 71.8 Å². The van der Waals surface area contributed by atoms with Gasteiger partial charge >= 0.3 is 0 Å². The van der Waals surface area contributed by atoms with Crippen LogP contribution in [0.25, 0.3) is 0 Å². The van der Waals surface area contributed by atoms with E-state index in [2.05, 4.69) is 46.6 Å². The van der Waals surface area contributed by atoms with Crippen molar-refractivity contribution in [2.75, 3.05) is 32.8 Å². The Balaban J connectivity index is 1.43. The quantitative estimate of drug-likeness (QED) is 0.783. The predicted octanol–water partition coefficient (Wildman–Crippen LogP) is 4.15. The van der Waals surface area contributed by atoms with Crippen LogP contribution in [0, 0.1) is 5.92 Å². The van der Waals surface area contributed by atoms with Crippen LogP contribution in [0.2, 0.25) is 0 Å². The lowest BCUT2D eigenvalue weighted by Crippen LogP contribution is -2.50. The van der Waals surface area contributed by atoms with E-state index in [1.807, 2.05) is 24.3 Å². The fourth-order valence-electron chi connectivity index (χ4n) is 5.04. The topological polar surface area (TPSA) is 41.6 Å². The van der Waals surface area contributed by atoms with Gasteiger partial charge in [-0.2, -0.15) is 0 Å². The molecule has 1 aliphatic heterocycles. The van der Waals surface area contributed by atoms with Gasteiger partial charge in [0.25, 0.3) is 0 Å². The van der Waals surface area contributed by atoms with E-state index in [1.165, 1.54) is 17.5 Å². The van der Waals surface area contributed by atoms with Crippen molar-refractivity contribution >= 4 is 5.91 Å². The predicted molar refractivity (Wildman–Crippen MR) is 120 cm³/mol. The monoisotopic (exact) mass is 406 g/mol. The van der Waals surface area contributed by atoms with Crippen molar-refractivity contribution in [1.29, 1.82) is 0 Å². The molecule has 0 aromatic heterocycles. The first-order valence-electron chi connectivity index (χ1n) is 11.5. The van der Waals surface area contributed by atoms with E-state index in [1.54, 1.807) is 0 Å². The lowest BCUT2D eigenvalue weighted by Gasteiger charge is -2.40. The molecule has 1 heterocycles. The fourth-order valence-corrected chi connectivity index (χ4v) is 5.04. The van der Waals surface area contributed by atoms with Gasteiger partial charge in [-0.25, -0.2) is 0 Å². The molecule has 4 nitrogen and oxygen atoms in total. The Morgan fingerprint density at radius 1 is 1.00 bits per heavy atom. The Labute approximate surface area is 180 Å². The van der Waals surface area contributed by atoms with Crippen LogP contribution in [0.15, 0.2) is 60.7 Å². The molecule has 0 spiro atoms. The van der Waals surface area contributed by atoms with Gasteiger partial charge in [0.05, 0.1) is 18.6 Å². The van der Waals surface area contributed by atoms with Crippen LogP contribution in [-0.2, 0) is 21.6 Å². The Morgan fingerprint density at radius 2 is 1.70 bits per heavy atom. The summed E-state index contributed by atoms with van der Waals surface area (Å²) in [5.74, 6) is 0.640. The highest BCUT2D eigenvalue weighted by Gasteiger charge is 2.43. The first-order valence-corrected chi connectivity index (χ1v) is 11.5. The summed E-state index contributed by atoms with van der Waals surface area (Å²) < 4.78 is 6.02. The maximum atomic E-state index is 13.9. The van der Waals surface area contributed by atoms with Crippen molar-refractivity contribution in [2.45, 2.75) is 44.1 Å². The van der Waals surface area contributed by atoms with Crippen molar-refractivity contribution in [2.24, 2.45) is 5.92 Å². The molecule has 1 saturated carbocycles. The number of nitrogens with zero attached hydrogens (tertiary/aromatic N) is 1. The number of carbonyl (C=O) groups is 1. The summed E-state index contributed by atoms with van der Waals surface area (Å²) in [5, 5.41) is 3.51.